The van der Waals surface area contributed by atoms with Crippen LogP contribution < -0.4 is 10.1 Å². The van der Waals surface area contributed by atoms with Crippen molar-refractivity contribution >= 4 is 11.5 Å². The van der Waals surface area contributed by atoms with Gasteiger partial charge in [0.1, 0.15) is 11.6 Å². The molecule has 0 aliphatic carbocycles. The highest BCUT2D eigenvalue weighted by Gasteiger charge is 2.28. The molecule has 4 aromatic rings. The first-order valence-corrected chi connectivity index (χ1v) is 11.4. The molecule has 5 rings (SSSR count). The minimum atomic E-state index is -0.0163. The van der Waals surface area contributed by atoms with Crippen LogP contribution in [0.1, 0.15) is 30.1 Å². The van der Waals surface area contributed by atoms with Crippen LogP contribution in [0.15, 0.2) is 79.0 Å². The number of nitrogens with one attached hydrogen (secondary N) is 1. The van der Waals surface area contributed by atoms with Crippen LogP contribution in [0.2, 0.25) is 0 Å². The number of carbonyl (C=O) groups is 1. The first-order valence-electron chi connectivity index (χ1n) is 11.4. The molecule has 2 amide bonds. The minimum absolute atomic E-state index is 0.0163. The summed E-state index contributed by atoms with van der Waals surface area (Å²) in [6, 6.07) is 24.2. The van der Waals surface area contributed by atoms with Crippen molar-refractivity contribution in [3.05, 3.63) is 90.4 Å². The highest BCUT2D eigenvalue weighted by Crippen LogP contribution is 2.33. The van der Waals surface area contributed by atoms with E-state index in [0.717, 1.165) is 53.3 Å². The number of fused-ring (bicyclic) bond motifs is 1. The number of aromatic nitrogens is 2. The molecule has 1 atom stereocenters. The fourth-order valence-electron chi connectivity index (χ4n) is 4.59. The van der Waals surface area contributed by atoms with Gasteiger partial charge < -0.3 is 19.4 Å². The number of nitrogens with zero attached hydrogens (tertiary/aromatic N) is 3. The quantitative estimate of drug-likeness (QED) is 0.470. The summed E-state index contributed by atoms with van der Waals surface area (Å²) in [5.41, 5.74) is 4.13. The first kappa shape index (κ1) is 21.1. The monoisotopic (exact) mass is 440 g/mol. The van der Waals surface area contributed by atoms with Crippen LogP contribution in [0.5, 0.6) is 5.75 Å². The van der Waals surface area contributed by atoms with E-state index in [9.17, 15) is 4.79 Å². The zero-order valence-corrected chi connectivity index (χ0v) is 18.8. The van der Waals surface area contributed by atoms with E-state index >= 15 is 0 Å². The van der Waals surface area contributed by atoms with Crippen molar-refractivity contribution in [2.45, 2.75) is 25.3 Å². The van der Waals surface area contributed by atoms with Gasteiger partial charge in [-0.3, -0.25) is 0 Å². The number of ether oxygens (including phenoxy) is 1. The number of amides is 2. The van der Waals surface area contributed by atoms with Crippen molar-refractivity contribution in [3.8, 4) is 17.0 Å². The third kappa shape index (κ3) is 4.42. The number of likely N-dealkylation sites (tertiary alicyclic amines) is 1. The van der Waals surface area contributed by atoms with Gasteiger partial charge in [0.05, 0.1) is 18.3 Å². The van der Waals surface area contributed by atoms with Gasteiger partial charge in [0.15, 0.2) is 0 Å². The second-order valence-corrected chi connectivity index (χ2v) is 8.44. The first-order chi connectivity index (χ1) is 16.2. The molecule has 33 heavy (non-hydrogen) atoms. The van der Waals surface area contributed by atoms with Crippen LogP contribution in [-0.2, 0) is 6.54 Å². The Labute approximate surface area is 193 Å². The van der Waals surface area contributed by atoms with Gasteiger partial charge in [0.25, 0.3) is 0 Å². The molecule has 6 nitrogen and oxygen atoms in total. The Morgan fingerprint density at radius 3 is 2.79 bits per heavy atom. The molecule has 3 heterocycles. The molecule has 1 aliphatic heterocycles. The number of piperidine rings is 1. The Morgan fingerprint density at radius 1 is 1.09 bits per heavy atom. The van der Waals surface area contributed by atoms with Crippen LogP contribution in [0.4, 0.5) is 4.79 Å². The number of hydrogen-bond donors (Lipinski definition) is 1. The topological polar surface area (TPSA) is 58.9 Å². The SMILES string of the molecule is COc1cccc(-c2nc([C@@H]3CCCN(C(=O)NCc4ccccc4)C3)n3ccccc23)c1. The van der Waals surface area contributed by atoms with Gasteiger partial charge in [-0.15, -0.1) is 0 Å². The van der Waals surface area contributed by atoms with E-state index in [1.807, 2.05) is 65.6 Å². The summed E-state index contributed by atoms with van der Waals surface area (Å²) in [6.07, 6.45) is 4.03. The summed E-state index contributed by atoms with van der Waals surface area (Å²) in [5.74, 6) is 1.99. The number of rotatable bonds is 5. The second-order valence-electron chi connectivity index (χ2n) is 8.44. The highest BCUT2D eigenvalue weighted by molar-refractivity contribution is 5.78. The largest absolute Gasteiger partial charge is 0.497 e. The molecule has 0 unspecified atom stereocenters. The number of benzene rings is 2. The summed E-state index contributed by atoms with van der Waals surface area (Å²) in [5, 5.41) is 3.07. The lowest BCUT2D eigenvalue weighted by atomic mass is 9.97. The molecule has 2 aromatic carbocycles. The molecular weight excluding hydrogens is 412 g/mol. The van der Waals surface area contributed by atoms with E-state index in [0.29, 0.717) is 13.1 Å². The molecule has 0 radical (unpaired) electrons. The van der Waals surface area contributed by atoms with E-state index in [4.69, 9.17) is 9.72 Å². The van der Waals surface area contributed by atoms with Crippen LogP contribution in [-0.4, -0.2) is 40.5 Å². The van der Waals surface area contributed by atoms with Crippen molar-refractivity contribution < 1.29 is 9.53 Å². The zero-order valence-electron chi connectivity index (χ0n) is 18.8. The van der Waals surface area contributed by atoms with Gasteiger partial charge in [-0.2, -0.15) is 0 Å². The number of carbonyl (C=O) groups excluding carboxylic acids is 1. The number of imidazole rings is 1. The van der Waals surface area contributed by atoms with Gasteiger partial charge in [-0.05, 0) is 42.7 Å². The van der Waals surface area contributed by atoms with Crippen LogP contribution in [0.3, 0.4) is 0 Å². The van der Waals surface area contributed by atoms with Crippen molar-refractivity contribution in [3.63, 3.8) is 0 Å². The number of pyridine rings is 1. The Morgan fingerprint density at radius 2 is 1.94 bits per heavy atom. The number of methoxy groups -OCH3 is 1. The Balaban J connectivity index is 1.39. The predicted octanol–water partition coefficient (Wildman–Crippen LogP) is 5.10. The third-order valence-corrected chi connectivity index (χ3v) is 6.28. The molecule has 168 valence electrons. The zero-order chi connectivity index (χ0) is 22.6. The van der Waals surface area contributed by atoms with Crippen molar-refractivity contribution in [2.24, 2.45) is 0 Å². The highest BCUT2D eigenvalue weighted by atomic mass is 16.5. The van der Waals surface area contributed by atoms with Crippen molar-refractivity contribution in [2.75, 3.05) is 20.2 Å². The van der Waals surface area contributed by atoms with Gasteiger partial charge >= 0.3 is 6.03 Å². The maximum atomic E-state index is 12.9. The molecular formula is C27H28N4O2. The van der Waals surface area contributed by atoms with Gasteiger partial charge in [0, 0.05) is 37.3 Å². The molecule has 0 spiro atoms. The smallest absolute Gasteiger partial charge is 0.317 e. The third-order valence-electron chi connectivity index (χ3n) is 6.28. The predicted molar refractivity (Wildman–Crippen MR) is 129 cm³/mol. The summed E-state index contributed by atoms with van der Waals surface area (Å²) in [7, 11) is 1.68. The normalized spacial score (nSPS) is 16.0. The maximum Gasteiger partial charge on any atom is 0.317 e. The Kier molecular flexibility index (Phi) is 5.98. The lowest BCUT2D eigenvalue weighted by Crippen LogP contribution is -2.45. The van der Waals surface area contributed by atoms with E-state index in [2.05, 4.69) is 28.0 Å². The average Bonchev–Trinajstić information content (AvgIpc) is 3.28. The molecule has 0 bridgehead atoms. The van der Waals surface area contributed by atoms with Gasteiger partial charge in [0.2, 0.25) is 0 Å². The lowest BCUT2D eigenvalue weighted by molar-refractivity contribution is 0.178. The van der Waals surface area contributed by atoms with Crippen molar-refractivity contribution in [1.29, 1.82) is 0 Å². The molecule has 1 aliphatic rings. The average molecular weight is 441 g/mol. The summed E-state index contributed by atoms with van der Waals surface area (Å²) in [6.45, 7) is 1.96. The van der Waals surface area contributed by atoms with E-state index in [-0.39, 0.29) is 11.9 Å². The summed E-state index contributed by atoms with van der Waals surface area (Å²) < 4.78 is 7.59. The number of urea groups is 1. The Bertz CT molecular complexity index is 1250. The van der Waals surface area contributed by atoms with Gasteiger partial charge in [-0.25, -0.2) is 9.78 Å². The van der Waals surface area contributed by atoms with Crippen LogP contribution in [0, 0.1) is 0 Å². The number of hydrogen-bond acceptors (Lipinski definition) is 3. The van der Waals surface area contributed by atoms with E-state index in [1.54, 1.807) is 7.11 Å². The standard InChI is InChI=1S/C27H28N4O2/c1-33-23-13-7-11-21(17-23)25-24-14-5-6-16-31(24)26(29-25)22-12-8-15-30(19-22)27(32)28-18-20-9-3-2-4-10-20/h2-7,9-11,13-14,16-17,22H,8,12,15,18-19H2,1H3,(H,28,32)/t22-/m1/s1. The van der Waals surface area contributed by atoms with Crippen LogP contribution >= 0.6 is 0 Å². The van der Waals surface area contributed by atoms with E-state index in [1.165, 1.54) is 0 Å². The summed E-state index contributed by atoms with van der Waals surface area (Å²) in [4.78, 5) is 19.9. The summed E-state index contributed by atoms with van der Waals surface area (Å²) >= 11 is 0. The molecule has 0 saturated carbocycles. The Hall–Kier alpha value is -3.80. The van der Waals surface area contributed by atoms with Gasteiger partial charge in [-0.1, -0.05) is 48.5 Å². The fraction of sp³-hybridized carbons (Fsp3) is 0.259. The van der Waals surface area contributed by atoms with Crippen molar-refractivity contribution in [1.82, 2.24) is 19.6 Å². The van der Waals surface area contributed by atoms with E-state index < -0.39 is 0 Å². The molecule has 1 saturated heterocycles. The molecule has 1 fully saturated rings. The molecule has 6 heteroatoms. The van der Waals surface area contributed by atoms with Crippen LogP contribution in [0.25, 0.3) is 16.8 Å². The maximum absolute atomic E-state index is 12.9. The molecule has 2 aromatic heterocycles. The lowest BCUT2D eigenvalue weighted by Gasteiger charge is -2.32. The molecule has 1 N–H and O–H groups in total. The minimum Gasteiger partial charge on any atom is -0.497 e. The second kappa shape index (κ2) is 9.36. The fourth-order valence-corrected chi connectivity index (χ4v) is 4.59.